The number of nitriles is 1. The standard InChI is InChI=1S/C20H23ClF3N3O/c1-2-15-9-13(20(22,23)24)7-8-27(15)19(28)26-14-4-6-18(21)17(10-14)16-5-3-12(16)11-25/h4,6,10,12-13,15-16H,2-3,5,7-9H2,1H3,(H,26,28)/t12-,13-,15+,16-/m0/s1. The molecule has 0 bridgehead atoms. The van der Waals surface area contributed by atoms with E-state index in [4.69, 9.17) is 11.6 Å². The summed E-state index contributed by atoms with van der Waals surface area (Å²) in [6.45, 7) is 1.87. The van der Waals surface area contributed by atoms with Gasteiger partial charge in [0.2, 0.25) is 0 Å². The van der Waals surface area contributed by atoms with Gasteiger partial charge in [0.15, 0.2) is 0 Å². The van der Waals surface area contributed by atoms with Crippen LogP contribution in [-0.2, 0) is 0 Å². The molecule has 1 saturated carbocycles. The molecule has 1 heterocycles. The number of benzene rings is 1. The molecule has 152 valence electrons. The zero-order chi connectivity index (χ0) is 20.5. The predicted octanol–water partition coefficient (Wildman–Crippen LogP) is 5.94. The number of nitrogens with one attached hydrogen (secondary N) is 1. The third kappa shape index (κ3) is 4.22. The molecule has 1 N–H and O–H groups in total. The molecule has 0 spiro atoms. The summed E-state index contributed by atoms with van der Waals surface area (Å²) in [5, 5.41) is 12.5. The van der Waals surface area contributed by atoms with E-state index in [1.165, 1.54) is 4.90 Å². The van der Waals surface area contributed by atoms with Gasteiger partial charge < -0.3 is 10.2 Å². The highest BCUT2D eigenvalue weighted by Gasteiger charge is 2.44. The van der Waals surface area contributed by atoms with E-state index < -0.39 is 24.2 Å². The van der Waals surface area contributed by atoms with E-state index in [1.807, 2.05) is 0 Å². The number of nitrogens with zero attached hydrogens (tertiary/aromatic N) is 2. The van der Waals surface area contributed by atoms with Crippen molar-refractivity contribution >= 4 is 23.3 Å². The first-order chi connectivity index (χ1) is 13.2. The molecule has 4 nitrogen and oxygen atoms in total. The Hall–Kier alpha value is -1.94. The Bertz CT molecular complexity index is 777. The summed E-state index contributed by atoms with van der Waals surface area (Å²) in [4.78, 5) is 14.2. The molecule has 8 heteroatoms. The Kier molecular flexibility index (Phi) is 6.09. The number of piperidine rings is 1. The molecule has 28 heavy (non-hydrogen) atoms. The van der Waals surface area contributed by atoms with E-state index >= 15 is 0 Å². The van der Waals surface area contributed by atoms with E-state index in [9.17, 15) is 23.2 Å². The van der Waals surface area contributed by atoms with Crippen LogP contribution in [0.1, 0.15) is 50.5 Å². The van der Waals surface area contributed by atoms with Gasteiger partial charge >= 0.3 is 12.2 Å². The van der Waals surface area contributed by atoms with Crippen molar-refractivity contribution < 1.29 is 18.0 Å². The lowest BCUT2D eigenvalue weighted by molar-refractivity contribution is -0.187. The molecule has 1 aliphatic heterocycles. The second-order valence-electron chi connectivity index (χ2n) is 7.60. The molecule has 1 saturated heterocycles. The number of carbonyl (C=O) groups is 1. The average Bonchev–Trinajstić information content (AvgIpc) is 2.62. The SMILES string of the molecule is CC[C@@H]1C[C@@H](C(F)(F)F)CCN1C(=O)Nc1ccc(Cl)c([C@H]2CC[C@H]2C#N)c1. The van der Waals surface area contributed by atoms with Crippen molar-refractivity contribution in [2.75, 3.05) is 11.9 Å². The number of anilines is 1. The van der Waals surface area contributed by atoms with Crippen molar-refractivity contribution in [3.8, 4) is 6.07 Å². The Labute approximate surface area is 167 Å². The Balaban J connectivity index is 1.70. The Morgan fingerprint density at radius 3 is 2.68 bits per heavy atom. The van der Waals surface area contributed by atoms with Gasteiger partial charge in [0.1, 0.15) is 0 Å². The highest BCUT2D eigenvalue weighted by Crippen LogP contribution is 2.45. The number of alkyl halides is 3. The lowest BCUT2D eigenvalue weighted by atomic mass is 9.71. The van der Waals surface area contributed by atoms with Crippen molar-refractivity contribution in [3.05, 3.63) is 28.8 Å². The maximum atomic E-state index is 13.0. The molecule has 1 aromatic rings. The van der Waals surface area contributed by atoms with Crippen molar-refractivity contribution in [1.29, 1.82) is 5.26 Å². The first-order valence-electron chi connectivity index (χ1n) is 9.58. The van der Waals surface area contributed by atoms with E-state index in [-0.39, 0.29) is 31.2 Å². The fourth-order valence-corrected chi connectivity index (χ4v) is 4.39. The largest absolute Gasteiger partial charge is 0.391 e. The van der Waals surface area contributed by atoms with Gasteiger partial charge in [0.25, 0.3) is 0 Å². The molecule has 0 radical (unpaired) electrons. The molecule has 1 aromatic carbocycles. The maximum absolute atomic E-state index is 13.0. The zero-order valence-electron chi connectivity index (χ0n) is 15.6. The molecular formula is C20H23ClF3N3O. The number of hydrogen-bond acceptors (Lipinski definition) is 2. The van der Waals surface area contributed by atoms with Gasteiger partial charge in [-0.1, -0.05) is 18.5 Å². The van der Waals surface area contributed by atoms with Crippen LogP contribution in [0, 0.1) is 23.2 Å². The van der Waals surface area contributed by atoms with Crippen molar-refractivity contribution in [2.45, 2.75) is 57.2 Å². The number of hydrogen-bond donors (Lipinski definition) is 1. The Morgan fingerprint density at radius 2 is 2.11 bits per heavy atom. The highest BCUT2D eigenvalue weighted by molar-refractivity contribution is 6.31. The molecule has 2 aliphatic rings. The summed E-state index contributed by atoms with van der Waals surface area (Å²) >= 11 is 6.28. The fourth-order valence-electron chi connectivity index (χ4n) is 4.13. The first-order valence-corrected chi connectivity index (χ1v) is 9.95. The molecular weight excluding hydrogens is 391 g/mol. The topological polar surface area (TPSA) is 56.1 Å². The molecule has 2 amide bonds. The summed E-state index contributed by atoms with van der Waals surface area (Å²) in [6, 6.07) is 6.57. The normalized spacial score (nSPS) is 27.6. The third-order valence-electron chi connectivity index (χ3n) is 6.00. The lowest BCUT2D eigenvalue weighted by Gasteiger charge is -2.39. The average molecular weight is 414 g/mol. The quantitative estimate of drug-likeness (QED) is 0.666. The van der Waals surface area contributed by atoms with Gasteiger partial charge in [0.05, 0.1) is 17.9 Å². The van der Waals surface area contributed by atoms with Crippen LogP contribution in [0.15, 0.2) is 18.2 Å². The fraction of sp³-hybridized carbons (Fsp3) is 0.600. The van der Waals surface area contributed by atoms with Crippen LogP contribution in [0.4, 0.5) is 23.7 Å². The van der Waals surface area contributed by atoms with Crippen LogP contribution in [0.25, 0.3) is 0 Å². The summed E-state index contributed by atoms with van der Waals surface area (Å²) in [6.07, 6.45) is -2.19. The van der Waals surface area contributed by atoms with Crippen LogP contribution in [0.5, 0.6) is 0 Å². The minimum absolute atomic E-state index is 0.0558. The van der Waals surface area contributed by atoms with Crippen LogP contribution in [-0.4, -0.2) is 29.7 Å². The summed E-state index contributed by atoms with van der Waals surface area (Å²) < 4.78 is 39.1. The Morgan fingerprint density at radius 1 is 1.36 bits per heavy atom. The second-order valence-corrected chi connectivity index (χ2v) is 8.01. The monoisotopic (exact) mass is 413 g/mol. The number of halogens is 4. The summed E-state index contributed by atoms with van der Waals surface area (Å²) in [7, 11) is 0. The minimum atomic E-state index is -4.22. The van der Waals surface area contributed by atoms with Crippen LogP contribution >= 0.6 is 11.6 Å². The minimum Gasteiger partial charge on any atom is -0.322 e. The predicted molar refractivity (Wildman–Crippen MR) is 101 cm³/mol. The molecule has 0 unspecified atom stereocenters. The van der Waals surface area contributed by atoms with Gasteiger partial charge in [-0.05, 0) is 55.9 Å². The van der Waals surface area contributed by atoms with Crippen molar-refractivity contribution in [3.63, 3.8) is 0 Å². The third-order valence-corrected chi connectivity index (χ3v) is 6.34. The number of rotatable bonds is 3. The van der Waals surface area contributed by atoms with Gasteiger partial charge in [0, 0.05) is 29.2 Å². The van der Waals surface area contributed by atoms with Crippen molar-refractivity contribution in [1.82, 2.24) is 4.90 Å². The molecule has 1 aliphatic carbocycles. The van der Waals surface area contributed by atoms with Crippen LogP contribution < -0.4 is 5.32 Å². The van der Waals surface area contributed by atoms with Crippen LogP contribution in [0.3, 0.4) is 0 Å². The van der Waals surface area contributed by atoms with Crippen LogP contribution in [0.2, 0.25) is 5.02 Å². The smallest absolute Gasteiger partial charge is 0.322 e. The molecule has 4 atom stereocenters. The van der Waals surface area contributed by atoms with Gasteiger partial charge in [-0.2, -0.15) is 18.4 Å². The maximum Gasteiger partial charge on any atom is 0.391 e. The van der Waals surface area contributed by atoms with Gasteiger partial charge in [-0.3, -0.25) is 0 Å². The molecule has 0 aromatic heterocycles. The van der Waals surface area contributed by atoms with E-state index in [2.05, 4.69) is 11.4 Å². The molecule has 3 rings (SSSR count). The van der Waals surface area contributed by atoms with Gasteiger partial charge in [-0.25, -0.2) is 4.79 Å². The number of amides is 2. The van der Waals surface area contributed by atoms with E-state index in [0.29, 0.717) is 17.1 Å². The zero-order valence-corrected chi connectivity index (χ0v) is 16.4. The number of carbonyl (C=O) groups excluding carboxylic acids is 1. The molecule has 2 fully saturated rings. The van der Waals surface area contributed by atoms with Gasteiger partial charge in [-0.15, -0.1) is 0 Å². The second kappa shape index (κ2) is 8.20. The van der Waals surface area contributed by atoms with Crippen molar-refractivity contribution in [2.24, 2.45) is 11.8 Å². The summed E-state index contributed by atoms with van der Waals surface area (Å²) in [5.74, 6) is -1.38. The number of likely N-dealkylation sites (tertiary alicyclic amines) is 1. The lowest BCUT2D eigenvalue weighted by Crippen LogP contribution is -2.50. The summed E-state index contributed by atoms with van der Waals surface area (Å²) in [5.41, 5.74) is 1.38. The van der Waals surface area contributed by atoms with E-state index in [1.54, 1.807) is 25.1 Å². The number of urea groups is 1. The van der Waals surface area contributed by atoms with E-state index in [0.717, 1.165) is 18.4 Å². The first kappa shape index (κ1) is 20.8. The highest BCUT2D eigenvalue weighted by atomic mass is 35.5.